The molecule has 1 aliphatic carbocycles. The lowest BCUT2D eigenvalue weighted by molar-refractivity contribution is -0.137. The summed E-state index contributed by atoms with van der Waals surface area (Å²) in [4.78, 5) is 10.5. The van der Waals surface area contributed by atoms with Gasteiger partial charge in [-0.15, -0.1) is 0 Å². The molecule has 0 fully saturated rings. The second kappa shape index (κ2) is 11.7. The summed E-state index contributed by atoms with van der Waals surface area (Å²) in [5.41, 5.74) is 0. The first-order valence-electron chi connectivity index (χ1n) is 9.43. The summed E-state index contributed by atoms with van der Waals surface area (Å²) in [6.45, 7) is 0.0984. The van der Waals surface area contributed by atoms with E-state index in [0.717, 1.165) is 12.8 Å². The fraction of sp³-hybridized carbons (Fsp3) is 0.409. The van der Waals surface area contributed by atoms with Crippen LogP contribution in [0.5, 0.6) is 5.75 Å². The third kappa shape index (κ3) is 7.89. The number of carboxylic acids is 1. The van der Waals surface area contributed by atoms with Crippen molar-refractivity contribution in [2.45, 2.75) is 37.9 Å². The molecule has 5 nitrogen and oxygen atoms in total. The van der Waals surface area contributed by atoms with Crippen LogP contribution < -0.4 is 4.74 Å². The topological polar surface area (TPSA) is 87.0 Å². The number of benzene rings is 1. The first kappa shape index (κ1) is 22.2. The molecular weight excluding hydrogens is 380 g/mol. The zero-order valence-corrected chi connectivity index (χ0v) is 16.4. The Morgan fingerprint density at radius 1 is 1.29 bits per heavy atom. The maximum Gasteiger partial charge on any atom is 0.303 e. The molecule has 0 aromatic heterocycles. The van der Waals surface area contributed by atoms with Crippen molar-refractivity contribution in [3.05, 3.63) is 65.7 Å². The second-order valence-corrected chi connectivity index (χ2v) is 7.27. The number of hydrogen-bond donors (Lipinski definition) is 3. The van der Waals surface area contributed by atoms with Gasteiger partial charge >= 0.3 is 5.97 Å². The number of rotatable bonds is 11. The lowest BCUT2D eigenvalue weighted by atomic mass is 9.90. The molecule has 1 aromatic rings. The zero-order valence-electron chi connectivity index (χ0n) is 15.7. The lowest BCUT2D eigenvalue weighted by Crippen LogP contribution is -2.20. The Morgan fingerprint density at radius 2 is 2.11 bits per heavy atom. The molecule has 1 aliphatic rings. The Balaban J connectivity index is 1.77. The highest BCUT2D eigenvalue weighted by Crippen LogP contribution is 2.30. The van der Waals surface area contributed by atoms with E-state index in [2.05, 4.69) is 0 Å². The molecule has 0 bridgehead atoms. The number of halogens is 1. The Kier molecular flexibility index (Phi) is 9.28. The molecule has 1 aromatic carbocycles. The van der Waals surface area contributed by atoms with Crippen LogP contribution in [0.15, 0.2) is 60.7 Å². The number of ether oxygens (including phenoxy) is 1. The Morgan fingerprint density at radius 3 is 2.86 bits per heavy atom. The van der Waals surface area contributed by atoms with E-state index in [0.29, 0.717) is 17.2 Å². The molecule has 1 unspecified atom stereocenters. The smallest absolute Gasteiger partial charge is 0.303 e. The van der Waals surface area contributed by atoms with Gasteiger partial charge in [0.25, 0.3) is 0 Å². The number of aliphatic carboxylic acids is 1. The number of hydrogen-bond acceptors (Lipinski definition) is 4. The van der Waals surface area contributed by atoms with Crippen molar-refractivity contribution in [3.8, 4) is 5.75 Å². The van der Waals surface area contributed by atoms with Crippen molar-refractivity contribution in [1.29, 1.82) is 0 Å². The van der Waals surface area contributed by atoms with Crippen LogP contribution in [0.1, 0.15) is 25.7 Å². The molecule has 0 aliphatic heterocycles. The van der Waals surface area contributed by atoms with Gasteiger partial charge in [-0.3, -0.25) is 4.79 Å². The van der Waals surface area contributed by atoms with Crippen molar-refractivity contribution in [1.82, 2.24) is 0 Å². The highest BCUT2D eigenvalue weighted by Gasteiger charge is 2.27. The van der Waals surface area contributed by atoms with Gasteiger partial charge in [0.1, 0.15) is 18.5 Å². The van der Waals surface area contributed by atoms with Crippen LogP contribution in [0.4, 0.5) is 0 Å². The van der Waals surface area contributed by atoms with E-state index in [4.69, 9.17) is 21.4 Å². The van der Waals surface area contributed by atoms with E-state index in [1.54, 1.807) is 36.4 Å². The minimum atomic E-state index is -0.793. The number of aliphatic hydroxyl groups excluding tert-OH is 2. The first-order chi connectivity index (χ1) is 13.5. The summed E-state index contributed by atoms with van der Waals surface area (Å²) in [6, 6.07) is 6.98. The van der Waals surface area contributed by atoms with Gasteiger partial charge in [-0.1, -0.05) is 54.1 Å². The lowest BCUT2D eigenvalue weighted by Gasteiger charge is -2.18. The zero-order chi connectivity index (χ0) is 20.4. The highest BCUT2D eigenvalue weighted by atomic mass is 35.5. The van der Waals surface area contributed by atoms with Gasteiger partial charge in [-0.25, -0.2) is 0 Å². The third-order valence-corrected chi connectivity index (χ3v) is 4.79. The van der Waals surface area contributed by atoms with Gasteiger partial charge in [-0.05, 0) is 43.4 Å². The molecular formula is C22H27ClO5. The van der Waals surface area contributed by atoms with Crippen molar-refractivity contribution in [2.24, 2.45) is 11.8 Å². The molecule has 0 saturated carbocycles. The normalized spacial score (nSPS) is 22.9. The minimum absolute atomic E-state index is 0.0984. The monoisotopic (exact) mass is 406 g/mol. The molecule has 3 N–H and O–H groups in total. The van der Waals surface area contributed by atoms with Crippen LogP contribution in [-0.2, 0) is 4.79 Å². The van der Waals surface area contributed by atoms with Gasteiger partial charge in [0.2, 0.25) is 0 Å². The average Bonchev–Trinajstić information content (AvgIpc) is 3.00. The predicted octanol–water partition coefficient (Wildman–Crippen LogP) is 4.00. The van der Waals surface area contributed by atoms with E-state index < -0.39 is 18.2 Å². The van der Waals surface area contributed by atoms with Gasteiger partial charge < -0.3 is 20.1 Å². The molecule has 28 heavy (non-hydrogen) atoms. The average molecular weight is 407 g/mol. The Hall–Kier alpha value is -2.08. The summed E-state index contributed by atoms with van der Waals surface area (Å²) in [6.07, 6.45) is 12.1. The van der Waals surface area contributed by atoms with Gasteiger partial charge in [0.15, 0.2) is 0 Å². The molecule has 0 amide bonds. The molecule has 152 valence electrons. The van der Waals surface area contributed by atoms with E-state index >= 15 is 0 Å². The van der Waals surface area contributed by atoms with E-state index in [1.807, 2.05) is 24.3 Å². The molecule has 0 saturated heterocycles. The fourth-order valence-corrected chi connectivity index (χ4v) is 3.23. The van der Waals surface area contributed by atoms with Gasteiger partial charge in [0, 0.05) is 17.4 Å². The largest absolute Gasteiger partial charge is 0.491 e. The Labute approximate surface area is 170 Å². The molecule has 0 spiro atoms. The summed E-state index contributed by atoms with van der Waals surface area (Å²) >= 11 is 5.90. The summed E-state index contributed by atoms with van der Waals surface area (Å²) in [5.74, 6) is -0.153. The predicted molar refractivity (Wildman–Crippen MR) is 109 cm³/mol. The van der Waals surface area contributed by atoms with Gasteiger partial charge in [0.05, 0.1) is 6.10 Å². The quantitative estimate of drug-likeness (QED) is 0.382. The second-order valence-electron chi connectivity index (χ2n) is 6.83. The number of aliphatic hydroxyl groups is 2. The van der Waals surface area contributed by atoms with E-state index in [-0.39, 0.29) is 24.9 Å². The van der Waals surface area contributed by atoms with Crippen LogP contribution in [-0.4, -0.2) is 40.1 Å². The third-order valence-electron chi connectivity index (χ3n) is 4.55. The standard InChI is InChI=1S/C22H27ClO5/c23-17-7-5-8-19(14-17)28-15-18(24)11-12-20-16(10-13-21(20)25)6-3-1-2-4-9-22(26)27/h1,3,5,7-8,10-14,16,18,20-21,24-25H,2,4,6,9,15H2,(H,26,27)/t16-,18?,20+,21+/m0/s1. The number of carbonyl (C=O) groups is 1. The van der Waals surface area contributed by atoms with Crippen LogP contribution in [0, 0.1) is 11.8 Å². The molecule has 0 heterocycles. The van der Waals surface area contributed by atoms with Crippen LogP contribution in [0.3, 0.4) is 0 Å². The number of carboxylic acid groups (broad SMARTS) is 1. The van der Waals surface area contributed by atoms with Gasteiger partial charge in [-0.2, -0.15) is 0 Å². The van der Waals surface area contributed by atoms with Crippen molar-refractivity contribution < 1.29 is 24.9 Å². The van der Waals surface area contributed by atoms with Crippen LogP contribution >= 0.6 is 11.6 Å². The summed E-state index contributed by atoms with van der Waals surface area (Å²) < 4.78 is 5.52. The summed E-state index contributed by atoms with van der Waals surface area (Å²) in [7, 11) is 0. The van der Waals surface area contributed by atoms with E-state index in [9.17, 15) is 15.0 Å². The van der Waals surface area contributed by atoms with Crippen molar-refractivity contribution in [3.63, 3.8) is 0 Å². The Bertz CT molecular complexity index is 713. The first-order valence-corrected chi connectivity index (χ1v) is 9.81. The number of allylic oxidation sites excluding steroid dienone is 3. The fourth-order valence-electron chi connectivity index (χ4n) is 3.05. The summed E-state index contributed by atoms with van der Waals surface area (Å²) in [5, 5.41) is 29.5. The minimum Gasteiger partial charge on any atom is -0.491 e. The maximum atomic E-state index is 10.5. The van der Waals surface area contributed by atoms with E-state index in [1.165, 1.54) is 0 Å². The SMILES string of the molecule is O=C(O)CCCC=CC[C@H]1C=C[C@@H](O)[C@@H]1C=CC(O)COc1cccc(Cl)c1. The van der Waals surface area contributed by atoms with Crippen molar-refractivity contribution in [2.75, 3.05) is 6.61 Å². The van der Waals surface area contributed by atoms with Crippen LogP contribution in [0.2, 0.25) is 5.02 Å². The highest BCUT2D eigenvalue weighted by molar-refractivity contribution is 6.30. The number of unbranched alkanes of at least 4 members (excludes halogenated alkanes) is 1. The molecule has 0 radical (unpaired) electrons. The van der Waals surface area contributed by atoms with Crippen LogP contribution in [0.25, 0.3) is 0 Å². The molecule has 6 heteroatoms. The molecule has 4 atom stereocenters. The van der Waals surface area contributed by atoms with Crippen molar-refractivity contribution >= 4 is 17.6 Å². The molecule has 2 rings (SSSR count). The maximum absolute atomic E-state index is 10.5.